The zero-order valence-electron chi connectivity index (χ0n) is 22.7. The van der Waals surface area contributed by atoms with E-state index in [0.29, 0.717) is 18.8 Å². The van der Waals surface area contributed by atoms with Gasteiger partial charge in [-0.15, -0.1) is 0 Å². The number of benzene rings is 2. The van der Waals surface area contributed by atoms with Crippen LogP contribution in [-0.4, -0.2) is 68.8 Å². The van der Waals surface area contributed by atoms with Crippen molar-refractivity contribution < 1.29 is 14.3 Å². The smallest absolute Gasteiger partial charge is 0.410 e. The average molecular weight is 651 g/mol. The maximum Gasteiger partial charge on any atom is 0.410 e. The summed E-state index contributed by atoms with van der Waals surface area (Å²) in [5.41, 5.74) is 11.1. The third-order valence-electron chi connectivity index (χ3n) is 8.37. The van der Waals surface area contributed by atoms with Crippen LogP contribution in [0.15, 0.2) is 60.9 Å². The van der Waals surface area contributed by atoms with Gasteiger partial charge in [0.1, 0.15) is 15.8 Å². The number of anilines is 1. The summed E-state index contributed by atoms with van der Waals surface area (Å²) >= 11 is 2.18. The van der Waals surface area contributed by atoms with Crippen LogP contribution in [0.1, 0.15) is 43.4 Å². The maximum absolute atomic E-state index is 13.7. The normalized spacial score (nSPS) is 16.7. The minimum absolute atomic E-state index is 0.00544. The number of ether oxygens (including phenoxy) is 1. The number of carbonyl (C=O) groups excluding carboxylic acids is 2. The molecule has 10 heteroatoms. The van der Waals surface area contributed by atoms with Crippen molar-refractivity contribution in [2.24, 2.45) is 0 Å². The standard InChI is InChI=1S/C30H31IN6O3/c1-30(2,28(38)36-13-12-18(16-36)37-25-15-33-14-24(32)26(25)27(31)34-37)35(3)29(39)40-17-23-21-10-6-4-8-19(21)20-9-5-7-11-22(20)23/h4-11,14-15,18,23H,12-13,16-17,32H2,1-3H3. The van der Waals surface area contributed by atoms with E-state index in [2.05, 4.69) is 51.8 Å². The molecule has 1 saturated heterocycles. The molecule has 1 aliphatic heterocycles. The Kier molecular flexibility index (Phi) is 6.68. The molecule has 0 radical (unpaired) electrons. The van der Waals surface area contributed by atoms with E-state index in [4.69, 9.17) is 15.6 Å². The van der Waals surface area contributed by atoms with Gasteiger partial charge in [-0.2, -0.15) is 5.10 Å². The molecular weight excluding hydrogens is 619 g/mol. The second-order valence-electron chi connectivity index (χ2n) is 11.0. The zero-order valence-corrected chi connectivity index (χ0v) is 24.8. The summed E-state index contributed by atoms with van der Waals surface area (Å²) in [5.74, 6) is -0.173. The van der Waals surface area contributed by atoms with E-state index < -0.39 is 11.6 Å². The first-order chi connectivity index (χ1) is 19.2. The lowest BCUT2D eigenvalue weighted by molar-refractivity contribution is -0.140. The van der Waals surface area contributed by atoms with Crippen molar-refractivity contribution in [2.75, 3.05) is 32.5 Å². The Morgan fingerprint density at radius 1 is 1.10 bits per heavy atom. The summed E-state index contributed by atoms with van der Waals surface area (Å²) in [7, 11) is 1.63. The summed E-state index contributed by atoms with van der Waals surface area (Å²) < 4.78 is 8.57. The van der Waals surface area contributed by atoms with Crippen LogP contribution in [0, 0.1) is 3.70 Å². The Morgan fingerprint density at radius 2 is 1.75 bits per heavy atom. The molecule has 1 atom stereocenters. The van der Waals surface area contributed by atoms with Crippen LogP contribution in [0.4, 0.5) is 10.5 Å². The van der Waals surface area contributed by atoms with Crippen molar-refractivity contribution in [3.8, 4) is 11.1 Å². The molecule has 2 N–H and O–H groups in total. The SMILES string of the molecule is CN(C(=O)OCC1c2ccccc2-c2ccccc21)C(C)(C)C(=O)N1CCC(n2nc(I)c3c(N)cncc32)C1. The number of nitrogen functional groups attached to an aromatic ring is 1. The molecule has 0 spiro atoms. The lowest BCUT2D eigenvalue weighted by atomic mass is 9.98. The number of carbonyl (C=O) groups is 2. The van der Waals surface area contributed by atoms with Gasteiger partial charge in [0.05, 0.1) is 35.0 Å². The largest absolute Gasteiger partial charge is 0.448 e. The summed E-state index contributed by atoms with van der Waals surface area (Å²) in [5, 5.41) is 5.59. The first kappa shape index (κ1) is 26.5. The molecule has 2 aromatic carbocycles. The van der Waals surface area contributed by atoms with E-state index in [1.807, 2.05) is 28.9 Å². The third kappa shape index (κ3) is 4.29. The fourth-order valence-electron chi connectivity index (χ4n) is 5.92. The van der Waals surface area contributed by atoms with Gasteiger partial charge in [0.2, 0.25) is 5.91 Å². The topological polar surface area (TPSA) is 107 Å². The van der Waals surface area contributed by atoms with Crippen molar-refractivity contribution in [3.63, 3.8) is 0 Å². The maximum atomic E-state index is 13.7. The Labute approximate surface area is 246 Å². The number of aromatic nitrogens is 3. The number of likely N-dealkylation sites (N-methyl/N-ethyl adjacent to an activating group) is 1. The van der Waals surface area contributed by atoms with Gasteiger partial charge < -0.3 is 15.4 Å². The highest BCUT2D eigenvalue weighted by Crippen LogP contribution is 2.44. The minimum Gasteiger partial charge on any atom is -0.448 e. The minimum atomic E-state index is -1.09. The van der Waals surface area contributed by atoms with Crippen LogP contribution in [-0.2, 0) is 9.53 Å². The summed E-state index contributed by atoms with van der Waals surface area (Å²) in [4.78, 5) is 34.4. The molecule has 0 saturated carbocycles. The van der Waals surface area contributed by atoms with Crippen LogP contribution >= 0.6 is 22.6 Å². The van der Waals surface area contributed by atoms with Crippen molar-refractivity contribution in [3.05, 3.63) is 75.8 Å². The number of rotatable bonds is 5. The lowest BCUT2D eigenvalue weighted by Crippen LogP contribution is -2.56. The third-order valence-corrected chi connectivity index (χ3v) is 9.13. The fraction of sp³-hybridized carbons (Fsp3) is 0.333. The predicted octanol–water partition coefficient (Wildman–Crippen LogP) is 5.05. The summed E-state index contributed by atoms with van der Waals surface area (Å²) in [6.45, 7) is 4.79. The van der Waals surface area contributed by atoms with Crippen molar-refractivity contribution in [2.45, 2.75) is 37.8 Å². The summed E-state index contributed by atoms with van der Waals surface area (Å²) in [6.07, 6.45) is 3.62. The molecule has 2 amide bonds. The van der Waals surface area contributed by atoms with E-state index in [1.54, 1.807) is 38.2 Å². The molecule has 206 valence electrons. The Balaban J connectivity index is 1.13. The zero-order chi connectivity index (χ0) is 28.2. The second-order valence-corrected chi connectivity index (χ2v) is 12.0. The van der Waals surface area contributed by atoms with Crippen LogP contribution in [0.25, 0.3) is 22.0 Å². The molecule has 1 aliphatic carbocycles. The average Bonchev–Trinajstić information content (AvgIpc) is 3.66. The predicted molar refractivity (Wildman–Crippen MR) is 162 cm³/mol. The molecule has 0 bridgehead atoms. The first-order valence-electron chi connectivity index (χ1n) is 13.3. The molecule has 2 aliphatic rings. The van der Waals surface area contributed by atoms with E-state index in [0.717, 1.165) is 32.2 Å². The monoisotopic (exact) mass is 650 g/mol. The number of nitrogens with zero attached hydrogens (tertiary/aromatic N) is 5. The van der Waals surface area contributed by atoms with Gasteiger partial charge in [-0.05, 0) is 65.1 Å². The van der Waals surface area contributed by atoms with Crippen molar-refractivity contribution in [1.82, 2.24) is 24.6 Å². The number of fused-ring (bicyclic) bond motifs is 4. The summed E-state index contributed by atoms with van der Waals surface area (Å²) in [6, 6.07) is 16.4. The quantitative estimate of drug-likeness (QED) is 0.303. The fourth-order valence-corrected chi connectivity index (χ4v) is 6.74. The van der Waals surface area contributed by atoms with E-state index in [-0.39, 0.29) is 24.5 Å². The van der Waals surface area contributed by atoms with Crippen molar-refractivity contribution in [1.29, 1.82) is 0 Å². The van der Waals surface area contributed by atoms with Crippen molar-refractivity contribution >= 4 is 51.2 Å². The van der Waals surface area contributed by atoms with Crippen LogP contribution in [0.5, 0.6) is 0 Å². The number of nitrogens with two attached hydrogens (primary N) is 1. The molecule has 1 fully saturated rings. The molecule has 9 nitrogen and oxygen atoms in total. The highest BCUT2D eigenvalue weighted by molar-refractivity contribution is 14.1. The molecule has 2 aromatic heterocycles. The number of hydrogen-bond acceptors (Lipinski definition) is 6. The van der Waals surface area contributed by atoms with Gasteiger partial charge in [0.15, 0.2) is 0 Å². The van der Waals surface area contributed by atoms with E-state index >= 15 is 0 Å². The van der Waals surface area contributed by atoms with E-state index in [1.165, 1.54) is 16.0 Å². The number of amides is 2. The second kappa shape index (κ2) is 10.1. The van der Waals surface area contributed by atoms with Crippen LogP contribution in [0.2, 0.25) is 0 Å². The van der Waals surface area contributed by atoms with Crippen LogP contribution in [0.3, 0.4) is 0 Å². The number of pyridine rings is 1. The number of hydrogen-bond donors (Lipinski definition) is 1. The molecular formula is C30H31IN6O3. The van der Waals surface area contributed by atoms with Gasteiger partial charge in [-0.25, -0.2) is 4.79 Å². The van der Waals surface area contributed by atoms with Gasteiger partial charge in [0.25, 0.3) is 0 Å². The highest BCUT2D eigenvalue weighted by atomic mass is 127. The molecule has 6 rings (SSSR count). The highest BCUT2D eigenvalue weighted by Gasteiger charge is 2.42. The lowest BCUT2D eigenvalue weighted by Gasteiger charge is -2.36. The van der Waals surface area contributed by atoms with Crippen LogP contribution < -0.4 is 5.73 Å². The Hall–Kier alpha value is -3.67. The van der Waals surface area contributed by atoms with Gasteiger partial charge in [-0.3, -0.25) is 19.4 Å². The number of likely N-dealkylation sites (tertiary alicyclic amines) is 1. The number of halogens is 1. The molecule has 1 unspecified atom stereocenters. The Bertz CT molecular complexity index is 1590. The van der Waals surface area contributed by atoms with Gasteiger partial charge in [-0.1, -0.05) is 48.5 Å². The molecule has 4 aromatic rings. The Morgan fingerprint density at radius 3 is 2.42 bits per heavy atom. The van der Waals surface area contributed by atoms with Gasteiger partial charge in [0, 0.05) is 26.1 Å². The van der Waals surface area contributed by atoms with Gasteiger partial charge >= 0.3 is 6.09 Å². The molecule has 40 heavy (non-hydrogen) atoms. The molecule has 3 heterocycles. The van der Waals surface area contributed by atoms with E-state index in [9.17, 15) is 9.59 Å². The first-order valence-corrected chi connectivity index (χ1v) is 14.4.